The molecule has 112 valence electrons. The molecule has 0 aromatic rings. The van der Waals surface area contributed by atoms with Crippen LogP contribution in [0, 0.1) is 29.6 Å². The van der Waals surface area contributed by atoms with Gasteiger partial charge in [0.1, 0.15) is 0 Å². The summed E-state index contributed by atoms with van der Waals surface area (Å²) in [6, 6.07) is 0. The Kier molecular flexibility index (Phi) is 3.74. The summed E-state index contributed by atoms with van der Waals surface area (Å²) in [4.78, 5) is 26.1. The van der Waals surface area contributed by atoms with Crippen molar-refractivity contribution in [3.05, 3.63) is 0 Å². The van der Waals surface area contributed by atoms with Gasteiger partial charge in [0.05, 0.1) is 0 Å². The third-order valence-corrected chi connectivity index (χ3v) is 5.27. The molecular weight excluding hydrogens is 252 g/mol. The van der Waals surface area contributed by atoms with E-state index in [-0.39, 0.29) is 17.7 Å². The molecule has 2 aliphatic carbocycles. The molecule has 3 fully saturated rings. The second-order valence-corrected chi connectivity index (χ2v) is 7.18. The van der Waals surface area contributed by atoms with E-state index in [1.54, 1.807) is 0 Å². The van der Waals surface area contributed by atoms with E-state index in [1.807, 2.05) is 4.90 Å². The van der Waals surface area contributed by atoms with Crippen LogP contribution in [-0.2, 0) is 9.59 Å². The Morgan fingerprint density at radius 2 is 1.80 bits per heavy atom. The highest BCUT2D eigenvalue weighted by Crippen LogP contribution is 2.40. The Labute approximate surface area is 121 Å². The lowest BCUT2D eigenvalue weighted by molar-refractivity contribution is -0.134. The molecule has 2 amide bonds. The number of amides is 2. The molecule has 0 bridgehead atoms. The number of hydrogen-bond acceptors (Lipinski definition) is 2. The fourth-order valence-corrected chi connectivity index (χ4v) is 3.40. The minimum absolute atomic E-state index is 0.219. The number of rotatable bonds is 4. The Hall–Kier alpha value is -1.06. The lowest BCUT2D eigenvalue weighted by atomic mass is 9.97. The average Bonchev–Trinajstić information content (AvgIpc) is 3.34. The van der Waals surface area contributed by atoms with Crippen LogP contribution in [0.2, 0.25) is 0 Å². The number of likely N-dealkylation sites (tertiary alicyclic amines) is 1. The van der Waals surface area contributed by atoms with Crippen molar-refractivity contribution < 1.29 is 9.59 Å². The van der Waals surface area contributed by atoms with Gasteiger partial charge in [-0.15, -0.1) is 0 Å². The van der Waals surface area contributed by atoms with E-state index in [9.17, 15) is 9.59 Å². The Morgan fingerprint density at radius 3 is 2.40 bits per heavy atom. The van der Waals surface area contributed by atoms with Gasteiger partial charge in [0.25, 0.3) is 0 Å². The molecule has 4 heteroatoms. The van der Waals surface area contributed by atoms with Crippen molar-refractivity contribution >= 4 is 11.8 Å². The molecule has 20 heavy (non-hydrogen) atoms. The summed E-state index contributed by atoms with van der Waals surface area (Å²) in [6.07, 6.45) is 4.31. The predicted octanol–water partition coefficient (Wildman–Crippen LogP) is 1.65. The van der Waals surface area contributed by atoms with Crippen molar-refractivity contribution in [2.45, 2.75) is 39.5 Å². The van der Waals surface area contributed by atoms with Crippen LogP contribution in [0.25, 0.3) is 0 Å². The van der Waals surface area contributed by atoms with Crippen molar-refractivity contribution in [1.29, 1.82) is 0 Å². The van der Waals surface area contributed by atoms with Gasteiger partial charge < -0.3 is 10.2 Å². The molecule has 2 saturated carbocycles. The normalized spacial score (nSPS) is 39.3. The Morgan fingerprint density at radius 1 is 1.15 bits per heavy atom. The van der Waals surface area contributed by atoms with Crippen molar-refractivity contribution in [2.24, 2.45) is 29.6 Å². The first-order valence-electron chi connectivity index (χ1n) is 8.12. The Balaban J connectivity index is 1.43. The van der Waals surface area contributed by atoms with Gasteiger partial charge in [-0.3, -0.25) is 9.59 Å². The Bertz CT molecular complexity index is 409. The van der Waals surface area contributed by atoms with Gasteiger partial charge in [0.15, 0.2) is 0 Å². The first-order valence-corrected chi connectivity index (χ1v) is 8.12. The lowest BCUT2D eigenvalue weighted by Gasteiger charge is -2.33. The summed E-state index contributed by atoms with van der Waals surface area (Å²) >= 11 is 0. The van der Waals surface area contributed by atoms with E-state index < -0.39 is 0 Å². The topological polar surface area (TPSA) is 49.4 Å². The average molecular weight is 278 g/mol. The summed E-state index contributed by atoms with van der Waals surface area (Å²) in [7, 11) is 0. The zero-order valence-corrected chi connectivity index (χ0v) is 12.6. The maximum absolute atomic E-state index is 12.3. The highest BCUT2D eigenvalue weighted by molar-refractivity contribution is 5.82. The zero-order valence-electron chi connectivity index (χ0n) is 12.6. The molecule has 0 unspecified atom stereocenters. The molecule has 0 spiro atoms. The first-order chi connectivity index (χ1) is 9.56. The highest BCUT2D eigenvalue weighted by atomic mass is 16.2. The van der Waals surface area contributed by atoms with Crippen molar-refractivity contribution in [3.63, 3.8) is 0 Å². The van der Waals surface area contributed by atoms with Crippen LogP contribution in [-0.4, -0.2) is 36.3 Å². The highest BCUT2D eigenvalue weighted by Gasteiger charge is 2.42. The van der Waals surface area contributed by atoms with Gasteiger partial charge in [-0.1, -0.05) is 13.8 Å². The van der Waals surface area contributed by atoms with Gasteiger partial charge >= 0.3 is 0 Å². The lowest BCUT2D eigenvalue weighted by Crippen LogP contribution is -2.44. The van der Waals surface area contributed by atoms with E-state index in [2.05, 4.69) is 19.2 Å². The molecule has 4 nitrogen and oxygen atoms in total. The number of carbonyl (C=O) groups excluding carboxylic acids is 2. The van der Waals surface area contributed by atoms with Crippen LogP contribution in [0.1, 0.15) is 39.5 Å². The molecule has 1 heterocycles. The van der Waals surface area contributed by atoms with Crippen molar-refractivity contribution in [2.75, 3.05) is 19.6 Å². The van der Waals surface area contributed by atoms with Crippen LogP contribution >= 0.6 is 0 Å². The van der Waals surface area contributed by atoms with Gasteiger partial charge in [-0.2, -0.15) is 0 Å². The van der Waals surface area contributed by atoms with Crippen LogP contribution in [0.15, 0.2) is 0 Å². The second kappa shape index (κ2) is 5.38. The van der Waals surface area contributed by atoms with Crippen LogP contribution in [0.4, 0.5) is 0 Å². The van der Waals surface area contributed by atoms with Gasteiger partial charge in [-0.05, 0) is 43.4 Å². The molecule has 0 aromatic carbocycles. The number of piperidine rings is 1. The SMILES string of the molecule is C[C@@H]1C[C@@H]1C(=O)NC[C@@H]1CCCN(C(=O)[C@H]2C[C@H]2C)C1. The molecule has 1 aliphatic heterocycles. The largest absolute Gasteiger partial charge is 0.356 e. The van der Waals surface area contributed by atoms with Crippen LogP contribution in [0.5, 0.6) is 0 Å². The fourth-order valence-electron chi connectivity index (χ4n) is 3.40. The number of hydrogen-bond donors (Lipinski definition) is 1. The molecule has 5 atom stereocenters. The maximum Gasteiger partial charge on any atom is 0.225 e. The van der Waals surface area contributed by atoms with Crippen LogP contribution in [0.3, 0.4) is 0 Å². The summed E-state index contributed by atoms with van der Waals surface area (Å²) in [6.45, 7) is 6.77. The smallest absolute Gasteiger partial charge is 0.225 e. The number of carbonyl (C=O) groups is 2. The standard InChI is InChI=1S/C16H26N2O2/c1-10-6-13(10)15(19)17-8-12-4-3-5-18(9-12)16(20)14-7-11(14)2/h10-14H,3-9H2,1-2H3,(H,17,19)/t10-,11-,12+,13+,14+/m1/s1. The monoisotopic (exact) mass is 278 g/mol. The summed E-state index contributed by atoms with van der Waals surface area (Å²) in [5.74, 6) is 2.70. The predicted molar refractivity (Wildman–Crippen MR) is 76.9 cm³/mol. The molecule has 3 rings (SSSR count). The number of nitrogens with one attached hydrogen (secondary N) is 1. The van der Waals surface area contributed by atoms with E-state index in [4.69, 9.17) is 0 Å². The van der Waals surface area contributed by atoms with E-state index in [0.29, 0.717) is 23.7 Å². The maximum atomic E-state index is 12.3. The minimum atomic E-state index is 0.219. The first kappa shape index (κ1) is 13.9. The van der Waals surface area contributed by atoms with Crippen molar-refractivity contribution in [1.82, 2.24) is 10.2 Å². The quantitative estimate of drug-likeness (QED) is 0.850. The molecular formula is C16H26N2O2. The fraction of sp³-hybridized carbons (Fsp3) is 0.875. The second-order valence-electron chi connectivity index (χ2n) is 7.18. The minimum Gasteiger partial charge on any atom is -0.356 e. The van der Waals surface area contributed by atoms with Gasteiger partial charge in [-0.25, -0.2) is 0 Å². The molecule has 0 radical (unpaired) electrons. The van der Waals surface area contributed by atoms with Gasteiger partial charge in [0.2, 0.25) is 11.8 Å². The molecule has 1 N–H and O–H groups in total. The summed E-state index contributed by atoms with van der Waals surface area (Å²) < 4.78 is 0. The third kappa shape index (κ3) is 2.99. The van der Waals surface area contributed by atoms with E-state index >= 15 is 0 Å². The van der Waals surface area contributed by atoms with Crippen LogP contribution < -0.4 is 5.32 Å². The zero-order chi connectivity index (χ0) is 14.3. The third-order valence-electron chi connectivity index (χ3n) is 5.27. The van der Waals surface area contributed by atoms with Crippen molar-refractivity contribution in [3.8, 4) is 0 Å². The van der Waals surface area contributed by atoms with E-state index in [0.717, 1.165) is 45.3 Å². The molecule has 1 saturated heterocycles. The molecule has 3 aliphatic rings. The number of nitrogens with zero attached hydrogens (tertiary/aromatic N) is 1. The summed E-state index contributed by atoms with van der Waals surface area (Å²) in [5.41, 5.74) is 0. The summed E-state index contributed by atoms with van der Waals surface area (Å²) in [5, 5.41) is 3.08. The van der Waals surface area contributed by atoms with E-state index in [1.165, 1.54) is 0 Å². The molecule has 0 aromatic heterocycles. The van der Waals surface area contributed by atoms with Gasteiger partial charge in [0, 0.05) is 31.5 Å².